The Balaban J connectivity index is 1.52. The molecule has 0 aliphatic carbocycles. The molecule has 0 saturated heterocycles. The molecule has 8 heteroatoms. The quantitative estimate of drug-likeness (QED) is 0.781. The van der Waals surface area contributed by atoms with Gasteiger partial charge in [-0.2, -0.15) is 5.10 Å². The van der Waals surface area contributed by atoms with Gasteiger partial charge in [0, 0.05) is 25.5 Å². The normalized spacial score (nSPS) is 14.0. The lowest BCUT2D eigenvalue weighted by atomic mass is 10.2. The molecular weight excluding hydrogens is 320 g/mol. The summed E-state index contributed by atoms with van der Waals surface area (Å²) in [5.74, 6) is 0.648. The van der Waals surface area contributed by atoms with Crippen molar-refractivity contribution in [2.45, 2.75) is 26.1 Å². The predicted octanol–water partition coefficient (Wildman–Crippen LogP) is 1.63. The fourth-order valence-electron chi connectivity index (χ4n) is 2.94. The Kier molecular flexibility index (Phi) is 4.16. The molecule has 1 aliphatic rings. The van der Waals surface area contributed by atoms with Crippen LogP contribution in [0.15, 0.2) is 43.1 Å². The fourth-order valence-corrected chi connectivity index (χ4v) is 2.94. The van der Waals surface area contributed by atoms with E-state index in [4.69, 9.17) is 4.74 Å². The Labute approximate surface area is 144 Å². The summed E-state index contributed by atoms with van der Waals surface area (Å²) in [6.45, 7) is 2.38. The van der Waals surface area contributed by atoms with Crippen molar-refractivity contribution in [2.24, 2.45) is 0 Å². The highest BCUT2D eigenvalue weighted by atomic mass is 16.5. The molecule has 3 aromatic heterocycles. The molecule has 0 unspecified atom stereocenters. The van der Waals surface area contributed by atoms with Crippen molar-refractivity contribution in [3.05, 3.63) is 60.2 Å². The van der Waals surface area contributed by atoms with Gasteiger partial charge in [0.1, 0.15) is 23.7 Å². The molecule has 0 saturated carbocycles. The highest BCUT2D eigenvalue weighted by Gasteiger charge is 2.24. The third kappa shape index (κ3) is 3.23. The van der Waals surface area contributed by atoms with Crippen LogP contribution in [0.2, 0.25) is 0 Å². The van der Waals surface area contributed by atoms with Gasteiger partial charge in [0.05, 0.1) is 24.8 Å². The van der Waals surface area contributed by atoms with Gasteiger partial charge in [-0.1, -0.05) is 0 Å². The highest BCUT2D eigenvalue weighted by molar-refractivity contribution is 5.92. The van der Waals surface area contributed by atoms with E-state index in [1.165, 1.54) is 0 Å². The van der Waals surface area contributed by atoms with Gasteiger partial charge in [-0.3, -0.25) is 14.9 Å². The minimum atomic E-state index is -0.0497. The standard InChI is InChI=1S/C17H18N6O2/c24-17(14-4-6-20-21-14)22-7-2-8-23-12-19-15(16(23)10-22)11-25-13-3-1-5-18-9-13/h1,3-6,9,12H,2,7-8,10-11H2,(H,20,21). The number of fused-ring (bicyclic) bond motifs is 1. The molecule has 4 rings (SSSR count). The molecule has 128 valence electrons. The molecule has 0 radical (unpaired) electrons. The molecule has 0 fully saturated rings. The molecular formula is C17H18N6O2. The summed E-state index contributed by atoms with van der Waals surface area (Å²) in [6.07, 6.45) is 7.66. The third-order valence-electron chi connectivity index (χ3n) is 4.23. The third-order valence-corrected chi connectivity index (χ3v) is 4.23. The zero-order valence-electron chi connectivity index (χ0n) is 13.6. The van der Waals surface area contributed by atoms with E-state index in [0.717, 1.165) is 24.4 Å². The van der Waals surface area contributed by atoms with Gasteiger partial charge >= 0.3 is 0 Å². The summed E-state index contributed by atoms with van der Waals surface area (Å²) in [5.41, 5.74) is 2.35. The summed E-state index contributed by atoms with van der Waals surface area (Å²) in [4.78, 5) is 23.0. The number of H-pyrrole nitrogens is 1. The zero-order chi connectivity index (χ0) is 17.1. The van der Waals surface area contributed by atoms with Crippen LogP contribution in [0.3, 0.4) is 0 Å². The summed E-state index contributed by atoms with van der Waals surface area (Å²) in [7, 11) is 0. The summed E-state index contributed by atoms with van der Waals surface area (Å²) >= 11 is 0. The van der Waals surface area contributed by atoms with Gasteiger partial charge in [-0.15, -0.1) is 0 Å². The number of carbonyl (C=O) groups excluding carboxylic acids is 1. The molecule has 0 atom stereocenters. The van der Waals surface area contributed by atoms with E-state index in [1.54, 1.807) is 24.7 Å². The number of hydrogen-bond donors (Lipinski definition) is 1. The summed E-state index contributed by atoms with van der Waals surface area (Å²) in [6, 6.07) is 5.38. The molecule has 3 aromatic rings. The monoisotopic (exact) mass is 338 g/mol. The van der Waals surface area contributed by atoms with Crippen molar-refractivity contribution in [2.75, 3.05) is 6.54 Å². The van der Waals surface area contributed by atoms with E-state index in [9.17, 15) is 4.79 Å². The summed E-state index contributed by atoms with van der Waals surface area (Å²) in [5, 5.41) is 6.60. The number of amides is 1. The Hall–Kier alpha value is -3.16. The van der Waals surface area contributed by atoms with E-state index in [1.807, 2.05) is 23.4 Å². The van der Waals surface area contributed by atoms with E-state index in [-0.39, 0.29) is 5.91 Å². The number of hydrogen-bond acceptors (Lipinski definition) is 5. The molecule has 1 N–H and O–H groups in total. The largest absolute Gasteiger partial charge is 0.486 e. The van der Waals surface area contributed by atoms with Crippen LogP contribution in [0.4, 0.5) is 0 Å². The second-order valence-corrected chi connectivity index (χ2v) is 5.86. The van der Waals surface area contributed by atoms with Crippen LogP contribution in [0.25, 0.3) is 0 Å². The first kappa shape index (κ1) is 15.4. The first-order valence-corrected chi connectivity index (χ1v) is 8.15. The number of aryl methyl sites for hydroxylation is 1. The van der Waals surface area contributed by atoms with Crippen molar-refractivity contribution >= 4 is 5.91 Å². The van der Waals surface area contributed by atoms with Crippen molar-refractivity contribution < 1.29 is 9.53 Å². The molecule has 0 aromatic carbocycles. The van der Waals surface area contributed by atoms with E-state index < -0.39 is 0 Å². The Bertz CT molecular complexity index is 843. The lowest BCUT2D eigenvalue weighted by molar-refractivity contribution is 0.0739. The van der Waals surface area contributed by atoms with Crippen LogP contribution in [0.5, 0.6) is 5.75 Å². The number of aromatic amines is 1. The lowest BCUT2D eigenvalue weighted by Crippen LogP contribution is -2.31. The van der Waals surface area contributed by atoms with E-state index in [2.05, 4.69) is 24.7 Å². The average Bonchev–Trinajstić information content (AvgIpc) is 3.26. The molecule has 0 spiro atoms. The van der Waals surface area contributed by atoms with Gasteiger partial charge in [0.25, 0.3) is 5.91 Å². The molecule has 4 heterocycles. The van der Waals surface area contributed by atoms with Crippen LogP contribution < -0.4 is 4.74 Å². The number of carbonyl (C=O) groups is 1. The molecule has 1 aliphatic heterocycles. The van der Waals surface area contributed by atoms with Crippen LogP contribution in [0.1, 0.15) is 28.3 Å². The maximum atomic E-state index is 12.6. The second kappa shape index (κ2) is 6.76. The van der Waals surface area contributed by atoms with Crippen molar-refractivity contribution in [3.63, 3.8) is 0 Å². The number of imidazole rings is 1. The smallest absolute Gasteiger partial charge is 0.272 e. The predicted molar refractivity (Wildman–Crippen MR) is 88.7 cm³/mol. The van der Waals surface area contributed by atoms with Crippen molar-refractivity contribution in [1.29, 1.82) is 0 Å². The fraction of sp³-hybridized carbons (Fsp3) is 0.294. The minimum Gasteiger partial charge on any atom is -0.486 e. The van der Waals surface area contributed by atoms with Crippen LogP contribution >= 0.6 is 0 Å². The molecule has 1 amide bonds. The minimum absolute atomic E-state index is 0.0497. The number of rotatable bonds is 4. The number of nitrogens with zero attached hydrogens (tertiary/aromatic N) is 5. The van der Waals surface area contributed by atoms with Gasteiger partial charge in [0.15, 0.2) is 0 Å². The van der Waals surface area contributed by atoms with Crippen LogP contribution in [0, 0.1) is 0 Å². The zero-order valence-corrected chi connectivity index (χ0v) is 13.6. The van der Waals surface area contributed by atoms with E-state index in [0.29, 0.717) is 31.1 Å². The second-order valence-electron chi connectivity index (χ2n) is 5.86. The lowest BCUT2D eigenvalue weighted by Gasteiger charge is -2.19. The van der Waals surface area contributed by atoms with Crippen LogP contribution in [-0.2, 0) is 19.7 Å². The Morgan fingerprint density at radius 2 is 2.24 bits per heavy atom. The Morgan fingerprint density at radius 1 is 1.28 bits per heavy atom. The van der Waals surface area contributed by atoms with Gasteiger partial charge in [-0.25, -0.2) is 4.98 Å². The van der Waals surface area contributed by atoms with Gasteiger partial charge < -0.3 is 14.2 Å². The average molecular weight is 338 g/mol. The number of ether oxygens (including phenoxy) is 1. The maximum absolute atomic E-state index is 12.6. The highest BCUT2D eigenvalue weighted by Crippen LogP contribution is 2.19. The summed E-state index contributed by atoms with van der Waals surface area (Å²) < 4.78 is 7.87. The van der Waals surface area contributed by atoms with Gasteiger partial charge in [-0.05, 0) is 24.6 Å². The molecule has 0 bridgehead atoms. The van der Waals surface area contributed by atoms with Crippen molar-refractivity contribution in [1.82, 2.24) is 29.6 Å². The molecule has 8 nitrogen and oxygen atoms in total. The topological polar surface area (TPSA) is 88.9 Å². The van der Waals surface area contributed by atoms with E-state index >= 15 is 0 Å². The number of pyridine rings is 1. The Morgan fingerprint density at radius 3 is 3.04 bits per heavy atom. The number of aromatic nitrogens is 5. The van der Waals surface area contributed by atoms with Gasteiger partial charge in [0.2, 0.25) is 0 Å². The maximum Gasteiger partial charge on any atom is 0.272 e. The first-order valence-electron chi connectivity index (χ1n) is 8.15. The number of nitrogens with one attached hydrogen (secondary N) is 1. The van der Waals surface area contributed by atoms with Crippen molar-refractivity contribution in [3.8, 4) is 5.75 Å². The molecule has 25 heavy (non-hydrogen) atoms. The first-order chi connectivity index (χ1) is 12.3. The van der Waals surface area contributed by atoms with Crippen LogP contribution in [-0.4, -0.2) is 42.1 Å². The SMILES string of the molecule is O=C(c1ccn[nH]1)N1CCCn2cnc(COc3cccnc3)c2C1.